The van der Waals surface area contributed by atoms with Crippen LogP contribution in [-0.4, -0.2) is 31.7 Å². The Kier molecular flexibility index (Phi) is 5.56. The fraction of sp³-hybridized carbons (Fsp3) is 0.160. The smallest absolute Gasteiger partial charge is 0.170 e. The highest BCUT2D eigenvalue weighted by Gasteiger charge is 2.41. The Balaban J connectivity index is 1.62. The summed E-state index contributed by atoms with van der Waals surface area (Å²) >= 11 is 5.80. The highest BCUT2D eigenvalue weighted by atomic mass is 32.1. The van der Waals surface area contributed by atoms with E-state index in [-0.39, 0.29) is 12.1 Å². The molecule has 3 aromatic heterocycles. The van der Waals surface area contributed by atoms with Crippen molar-refractivity contribution in [3.63, 3.8) is 0 Å². The number of pyridine rings is 2. The Morgan fingerprint density at radius 3 is 2.47 bits per heavy atom. The zero-order valence-electron chi connectivity index (χ0n) is 17.6. The van der Waals surface area contributed by atoms with Gasteiger partial charge in [0.05, 0.1) is 42.8 Å². The number of para-hydroxylation sites is 2. The lowest BCUT2D eigenvalue weighted by Crippen LogP contribution is -2.30. The Morgan fingerprint density at radius 1 is 0.938 bits per heavy atom. The van der Waals surface area contributed by atoms with Crippen molar-refractivity contribution < 1.29 is 4.74 Å². The third-order valence-electron chi connectivity index (χ3n) is 5.68. The zero-order valence-corrected chi connectivity index (χ0v) is 18.4. The zero-order chi connectivity index (χ0) is 21.9. The van der Waals surface area contributed by atoms with E-state index < -0.39 is 0 Å². The van der Waals surface area contributed by atoms with Crippen LogP contribution in [0, 0.1) is 0 Å². The molecule has 0 spiro atoms. The summed E-state index contributed by atoms with van der Waals surface area (Å²) in [6.45, 7) is 0.595. The van der Waals surface area contributed by atoms with E-state index in [1.165, 1.54) is 0 Å². The largest absolute Gasteiger partial charge is 0.495 e. The van der Waals surface area contributed by atoms with E-state index in [1.807, 2.05) is 67.0 Å². The summed E-state index contributed by atoms with van der Waals surface area (Å²) in [4.78, 5) is 11.4. The molecule has 6 nitrogen and oxygen atoms in total. The molecule has 1 saturated heterocycles. The summed E-state index contributed by atoms with van der Waals surface area (Å²) in [6.07, 6.45) is 5.69. The van der Waals surface area contributed by atoms with Crippen LogP contribution in [-0.2, 0) is 6.54 Å². The number of benzene rings is 1. The van der Waals surface area contributed by atoms with Crippen LogP contribution in [0.2, 0.25) is 0 Å². The van der Waals surface area contributed by atoms with Crippen molar-refractivity contribution in [1.82, 2.24) is 24.8 Å². The van der Waals surface area contributed by atoms with Crippen LogP contribution in [0.5, 0.6) is 5.75 Å². The van der Waals surface area contributed by atoms with Crippen LogP contribution in [0.3, 0.4) is 0 Å². The molecule has 1 N–H and O–H groups in total. The lowest BCUT2D eigenvalue weighted by Gasteiger charge is -2.29. The van der Waals surface area contributed by atoms with Crippen LogP contribution in [0.1, 0.15) is 29.2 Å². The van der Waals surface area contributed by atoms with Crippen LogP contribution in [0.15, 0.2) is 91.4 Å². The van der Waals surface area contributed by atoms with Crippen molar-refractivity contribution in [1.29, 1.82) is 0 Å². The van der Waals surface area contributed by atoms with Gasteiger partial charge in [0, 0.05) is 24.3 Å². The van der Waals surface area contributed by atoms with Crippen LogP contribution < -0.4 is 10.1 Å². The lowest BCUT2D eigenvalue weighted by molar-refractivity contribution is 0.299. The first-order valence-electron chi connectivity index (χ1n) is 10.4. The predicted molar refractivity (Wildman–Crippen MR) is 128 cm³/mol. The monoisotopic (exact) mass is 441 g/mol. The third kappa shape index (κ3) is 3.71. The number of hydrogen-bond donors (Lipinski definition) is 1. The number of nitrogens with zero attached hydrogens (tertiary/aromatic N) is 4. The molecule has 1 aromatic carbocycles. The number of aromatic nitrogens is 3. The van der Waals surface area contributed by atoms with Crippen molar-refractivity contribution in [2.45, 2.75) is 18.6 Å². The molecule has 0 aliphatic carbocycles. The maximum absolute atomic E-state index is 5.80. The highest BCUT2D eigenvalue weighted by Crippen LogP contribution is 2.41. The van der Waals surface area contributed by atoms with E-state index in [4.69, 9.17) is 17.0 Å². The number of hydrogen-bond acceptors (Lipinski definition) is 4. The first-order valence-corrected chi connectivity index (χ1v) is 10.9. The number of rotatable bonds is 6. The molecule has 1 fully saturated rings. The Hall–Kier alpha value is -3.71. The summed E-state index contributed by atoms with van der Waals surface area (Å²) in [5, 5.41) is 4.19. The van der Waals surface area contributed by atoms with Crippen molar-refractivity contribution in [2.75, 3.05) is 7.11 Å². The molecule has 5 rings (SSSR count). The van der Waals surface area contributed by atoms with Gasteiger partial charge in [-0.3, -0.25) is 9.97 Å². The first kappa shape index (κ1) is 20.2. The number of ether oxygens (including phenoxy) is 1. The second kappa shape index (κ2) is 8.80. The Morgan fingerprint density at radius 2 is 1.72 bits per heavy atom. The minimum absolute atomic E-state index is 0.0840. The van der Waals surface area contributed by atoms with E-state index in [0.717, 1.165) is 28.5 Å². The second-order valence-electron chi connectivity index (χ2n) is 7.55. The average Bonchev–Trinajstić information content (AvgIpc) is 3.45. The molecule has 1 aliphatic heterocycles. The summed E-state index contributed by atoms with van der Waals surface area (Å²) in [6, 6.07) is 23.9. The fourth-order valence-electron chi connectivity index (χ4n) is 4.25. The van der Waals surface area contributed by atoms with Gasteiger partial charge in [-0.15, -0.1) is 0 Å². The van der Waals surface area contributed by atoms with E-state index >= 15 is 0 Å². The lowest BCUT2D eigenvalue weighted by atomic mass is 10.0. The van der Waals surface area contributed by atoms with Gasteiger partial charge in [0.2, 0.25) is 0 Å². The quantitative estimate of drug-likeness (QED) is 0.446. The van der Waals surface area contributed by atoms with Gasteiger partial charge in [-0.2, -0.15) is 0 Å². The van der Waals surface area contributed by atoms with Gasteiger partial charge in [-0.05, 0) is 60.7 Å². The SMILES string of the molecule is COc1ccccc1-n1cccc1[C@H]1[C@H](c2ccccn2)NC(=S)N1Cc1ccccn1. The number of nitrogens with one attached hydrogen (secondary N) is 1. The van der Waals surface area contributed by atoms with E-state index in [0.29, 0.717) is 11.7 Å². The van der Waals surface area contributed by atoms with E-state index in [1.54, 1.807) is 7.11 Å². The van der Waals surface area contributed by atoms with E-state index in [9.17, 15) is 0 Å². The minimum Gasteiger partial charge on any atom is -0.495 e. The third-order valence-corrected chi connectivity index (χ3v) is 6.04. The molecular formula is C25H23N5OS. The normalized spacial score (nSPS) is 17.9. The molecule has 4 heterocycles. The summed E-state index contributed by atoms with van der Waals surface area (Å²) in [7, 11) is 1.69. The minimum atomic E-state index is -0.101. The summed E-state index contributed by atoms with van der Waals surface area (Å²) < 4.78 is 7.81. The fourth-order valence-corrected chi connectivity index (χ4v) is 4.55. The van der Waals surface area contributed by atoms with Crippen molar-refractivity contribution in [2.24, 2.45) is 0 Å². The molecule has 2 atom stereocenters. The maximum atomic E-state index is 5.80. The van der Waals surface area contributed by atoms with Gasteiger partial charge in [0.1, 0.15) is 5.75 Å². The highest BCUT2D eigenvalue weighted by molar-refractivity contribution is 7.80. The van der Waals surface area contributed by atoms with Gasteiger partial charge in [-0.25, -0.2) is 0 Å². The molecule has 0 saturated carbocycles. The molecule has 7 heteroatoms. The molecule has 0 bridgehead atoms. The van der Waals surface area contributed by atoms with E-state index in [2.05, 4.69) is 49.1 Å². The number of methoxy groups -OCH3 is 1. The molecule has 4 aromatic rings. The standard InChI is InChI=1S/C25H23N5OS/c1-31-22-13-3-2-11-20(22)29-16-8-12-21(29)24-23(19-10-5-7-15-27-19)28-25(32)30(24)17-18-9-4-6-14-26-18/h2-16,23-24H,17H2,1H3,(H,28,32)/t23-,24-/m0/s1. The molecule has 160 valence electrons. The maximum Gasteiger partial charge on any atom is 0.170 e. The van der Waals surface area contributed by atoms with Crippen LogP contribution >= 0.6 is 12.2 Å². The van der Waals surface area contributed by atoms with Crippen LogP contribution in [0.25, 0.3) is 5.69 Å². The molecule has 32 heavy (non-hydrogen) atoms. The van der Waals surface area contributed by atoms with Gasteiger partial charge in [0.15, 0.2) is 5.11 Å². The Labute approximate surface area is 192 Å². The molecule has 0 amide bonds. The van der Waals surface area contributed by atoms with Gasteiger partial charge in [0.25, 0.3) is 0 Å². The number of thiocarbonyl (C=S) groups is 1. The molecule has 1 aliphatic rings. The van der Waals surface area contributed by atoms with Crippen molar-refractivity contribution >= 4 is 17.3 Å². The second-order valence-corrected chi connectivity index (χ2v) is 7.94. The van der Waals surface area contributed by atoms with Gasteiger partial charge in [-0.1, -0.05) is 24.3 Å². The topological polar surface area (TPSA) is 55.2 Å². The van der Waals surface area contributed by atoms with Gasteiger partial charge >= 0.3 is 0 Å². The first-order chi connectivity index (χ1) is 15.8. The van der Waals surface area contributed by atoms with Crippen LogP contribution in [0.4, 0.5) is 0 Å². The summed E-state index contributed by atoms with van der Waals surface area (Å²) in [5.41, 5.74) is 3.97. The molecule has 0 radical (unpaired) electrons. The average molecular weight is 442 g/mol. The van der Waals surface area contributed by atoms with Crippen molar-refractivity contribution in [3.8, 4) is 11.4 Å². The molecular weight excluding hydrogens is 418 g/mol. The Bertz CT molecular complexity index is 1210. The predicted octanol–water partition coefficient (Wildman–Crippen LogP) is 4.45. The van der Waals surface area contributed by atoms with Crippen molar-refractivity contribution in [3.05, 3.63) is 108 Å². The summed E-state index contributed by atoms with van der Waals surface area (Å²) in [5.74, 6) is 0.809. The van der Waals surface area contributed by atoms with Gasteiger partial charge < -0.3 is 19.5 Å². The molecule has 0 unspecified atom stereocenters.